The minimum Gasteiger partial charge on any atom is -0.508 e. The lowest BCUT2D eigenvalue weighted by Crippen LogP contribution is -1.95. The van der Waals surface area contributed by atoms with Crippen molar-refractivity contribution in [3.05, 3.63) is 23.5 Å². The van der Waals surface area contributed by atoms with Crippen LogP contribution in [0, 0.1) is 5.82 Å². The van der Waals surface area contributed by atoms with Crippen molar-refractivity contribution in [3.8, 4) is 5.75 Å². The molecular formula is C8H10FNO. The predicted octanol–water partition coefficient (Wildman–Crippen LogP) is 1.68. The van der Waals surface area contributed by atoms with E-state index in [2.05, 4.69) is 0 Å². The zero-order chi connectivity index (χ0) is 8.43. The van der Waals surface area contributed by atoms with Crippen molar-refractivity contribution in [1.29, 1.82) is 0 Å². The molecule has 0 bridgehead atoms. The molecule has 3 N–H and O–H groups in total. The third kappa shape index (κ3) is 1.42. The standard InChI is InChI=1S/C8H10FNO/c1-2-6-7(9)3-5(11)4-8(6)10/h3-4,11H,2,10H2,1H3. The number of hydrogen-bond donors (Lipinski definition) is 2. The number of phenolic OH excluding ortho intramolecular Hbond substituents is 1. The van der Waals surface area contributed by atoms with Gasteiger partial charge in [-0.15, -0.1) is 0 Å². The van der Waals surface area contributed by atoms with Gasteiger partial charge in [-0.2, -0.15) is 0 Å². The van der Waals surface area contributed by atoms with Gasteiger partial charge >= 0.3 is 0 Å². The van der Waals surface area contributed by atoms with E-state index in [1.807, 2.05) is 6.92 Å². The molecule has 0 aromatic heterocycles. The Kier molecular flexibility index (Phi) is 1.98. The molecule has 0 atom stereocenters. The van der Waals surface area contributed by atoms with Crippen LogP contribution in [0.2, 0.25) is 0 Å². The highest BCUT2D eigenvalue weighted by molar-refractivity contribution is 5.51. The molecular weight excluding hydrogens is 145 g/mol. The fourth-order valence-electron chi connectivity index (χ4n) is 1.02. The summed E-state index contributed by atoms with van der Waals surface area (Å²) in [6, 6.07) is 2.41. The van der Waals surface area contributed by atoms with Crippen LogP contribution in [0.4, 0.5) is 10.1 Å². The first kappa shape index (κ1) is 7.85. The molecule has 0 saturated heterocycles. The van der Waals surface area contributed by atoms with Crippen LogP contribution in [0.5, 0.6) is 5.75 Å². The second-order valence-electron chi connectivity index (χ2n) is 2.35. The normalized spacial score (nSPS) is 10.0. The second kappa shape index (κ2) is 2.78. The van der Waals surface area contributed by atoms with E-state index < -0.39 is 5.82 Å². The molecule has 0 spiro atoms. The average Bonchev–Trinajstić information content (AvgIpc) is 1.85. The van der Waals surface area contributed by atoms with Gasteiger partial charge in [0.15, 0.2) is 0 Å². The van der Waals surface area contributed by atoms with E-state index in [0.717, 1.165) is 6.07 Å². The summed E-state index contributed by atoms with van der Waals surface area (Å²) in [5.74, 6) is -0.567. The zero-order valence-corrected chi connectivity index (χ0v) is 6.26. The predicted molar refractivity (Wildman–Crippen MR) is 41.9 cm³/mol. The molecule has 11 heavy (non-hydrogen) atoms. The van der Waals surface area contributed by atoms with Crippen LogP contribution < -0.4 is 5.73 Å². The maximum Gasteiger partial charge on any atom is 0.132 e. The number of rotatable bonds is 1. The highest BCUT2D eigenvalue weighted by Gasteiger charge is 2.05. The molecule has 1 aromatic carbocycles. The summed E-state index contributed by atoms with van der Waals surface area (Å²) in [6.45, 7) is 1.81. The maximum absolute atomic E-state index is 12.9. The van der Waals surface area contributed by atoms with Crippen LogP contribution in [0.3, 0.4) is 0 Å². The number of nitrogens with two attached hydrogens (primary N) is 1. The van der Waals surface area contributed by atoms with Gasteiger partial charge in [0.2, 0.25) is 0 Å². The Morgan fingerprint density at radius 3 is 2.64 bits per heavy atom. The lowest BCUT2D eigenvalue weighted by Gasteiger charge is -2.04. The molecule has 60 valence electrons. The molecule has 0 unspecified atom stereocenters. The van der Waals surface area contributed by atoms with Crippen LogP contribution in [0.15, 0.2) is 12.1 Å². The van der Waals surface area contributed by atoms with Gasteiger partial charge in [0.25, 0.3) is 0 Å². The molecule has 0 aliphatic carbocycles. The van der Waals surface area contributed by atoms with E-state index in [1.54, 1.807) is 0 Å². The lowest BCUT2D eigenvalue weighted by molar-refractivity contribution is 0.468. The van der Waals surface area contributed by atoms with Gasteiger partial charge in [-0.3, -0.25) is 0 Å². The molecule has 0 fully saturated rings. The SMILES string of the molecule is CCc1c(N)cc(O)cc1F. The van der Waals surface area contributed by atoms with Crippen molar-refractivity contribution < 1.29 is 9.50 Å². The van der Waals surface area contributed by atoms with Crippen LogP contribution in [-0.2, 0) is 6.42 Å². The van der Waals surface area contributed by atoms with E-state index in [9.17, 15) is 4.39 Å². The van der Waals surface area contributed by atoms with Crippen molar-refractivity contribution in [2.75, 3.05) is 5.73 Å². The van der Waals surface area contributed by atoms with E-state index in [1.165, 1.54) is 6.07 Å². The highest BCUT2D eigenvalue weighted by atomic mass is 19.1. The number of anilines is 1. The van der Waals surface area contributed by atoms with E-state index in [4.69, 9.17) is 10.8 Å². The Bertz CT molecular complexity index is 250. The first-order valence-electron chi connectivity index (χ1n) is 3.42. The second-order valence-corrected chi connectivity index (χ2v) is 2.35. The zero-order valence-electron chi connectivity index (χ0n) is 6.26. The summed E-state index contributed by atoms with van der Waals surface area (Å²) in [6.07, 6.45) is 0.540. The smallest absolute Gasteiger partial charge is 0.132 e. The van der Waals surface area contributed by atoms with E-state index in [0.29, 0.717) is 17.7 Å². The first-order valence-corrected chi connectivity index (χ1v) is 3.42. The van der Waals surface area contributed by atoms with Crippen LogP contribution >= 0.6 is 0 Å². The van der Waals surface area contributed by atoms with Gasteiger partial charge in [0.05, 0.1) is 0 Å². The van der Waals surface area contributed by atoms with Crippen molar-refractivity contribution >= 4 is 5.69 Å². The Balaban J connectivity index is 3.25. The van der Waals surface area contributed by atoms with E-state index >= 15 is 0 Å². The fraction of sp³-hybridized carbons (Fsp3) is 0.250. The van der Waals surface area contributed by atoms with Crippen molar-refractivity contribution in [1.82, 2.24) is 0 Å². The van der Waals surface area contributed by atoms with Gasteiger partial charge in [-0.05, 0) is 6.42 Å². The Morgan fingerprint density at radius 2 is 2.18 bits per heavy atom. The Hall–Kier alpha value is -1.25. The molecule has 2 nitrogen and oxygen atoms in total. The molecule has 1 rings (SSSR count). The van der Waals surface area contributed by atoms with E-state index in [-0.39, 0.29) is 5.75 Å². The monoisotopic (exact) mass is 155 g/mol. The minimum absolute atomic E-state index is 0.128. The largest absolute Gasteiger partial charge is 0.508 e. The van der Waals surface area contributed by atoms with Gasteiger partial charge < -0.3 is 10.8 Å². The number of phenols is 1. The van der Waals surface area contributed by atoms with Gasteiger partial charge in [0.1, 0.15) is 11.6 Å². The summed E-state index contributed by atoms with van der Waals surface area (Å²) in [5.41, 5.74) is 6.20. The van der Waals surface area contributed by atoms with Crippen molar-refractivity contribution in [2.45, 2.75) is 13.3 Å². The molecule has 0 amide bonds. The van der Waals surface area contributed by atoms with Crippen LogP contribution in [0.25, 0.3) is 0 Å². The van der Waals surface area contributed by atoms with Crippen molar-refractivity contribution in [3.63, 3.8) is 0 Å². The summed E-state index contributed by atoms with van der Waals surface area (Å²) in [7, 11) is 0. The molecule has 1 aromatic rings. The average molecular weight is 155 g/mol. The molecule has 0 heterocycles. The molecule has 0 aliphatic rings. The quantitative estimate of drug-likeness (QED) is 0.606. The minimum atomic E-state index is -0.440. The first-order chi connectivity index (χ1) is 5.15. The molecule has 0 aliphatic heterocycles. The summed E-state index contributed by atoms with van der Waals surface area (Å²) in [4.78, 5) is 0. The van der Waals surface area contributed by atoms with Crippen molar-refractivity contribution in [2.24, 2.45) is 0 Å². The maximum atomic E-state index is 12.9. The summed E-state index contributed by atoms with van der Waals surface area (Å²) < 4.78 is 12.9. The lowest BCUT2D eigenvalue weighted by atomic mass is 10.1. The topological polar surface area (TPSA) is 46.2 Å². The number of nitrogen functional groups attached to an aromatic ring is 1. The third-order valence-corrected chi connectivity index (χ3v) is 1.57. The third-order valence-electron chi connectivity index (χ3n) is 1.57. The van der Waals surface area contributed by atoms with Gasteiger partial charge in [-0.25, -0.2) is 4.39 Å². The molecule has 3 heteroatoms. The highest BCUT2D eigenvalue weighted by Crippen LogP contribution is 2.22. The summed E-state index contributed by atoms with van der Waals surface area (Å²) >= 11 is 0. The Morgan fingerprint density at radius 1 is 1.55 bits per heavy atom. The van der Waals surface area contributed by atoms with Crippen LogP contribution in [-0.4, -0.2) is 5.11 Å². The fourth-order valence-corrected chi connectivity index (χ4v) is 1.02. The summed E-state index contributed by atoms with van der Waals surface area (Å²) in [5, 5.41) is 8.89. The Labute approximate surface area is 64.5 Å². The number of benzene rings is 1. The number of aromatic hydroxyl groups is 1. The van der Waals surface area contributed by atoms with Gasteiger partial charge in [0, 0.05) is 23.4 Å². The molecule has 0 radical (unpaired) electrons. The van der Waals surface area contributed by atoms with Gasteiger partial charge in [-0.1, -0.05) is 6.92 Å². The number of hydrogen-bond acceptors (Lipinski definition) is 2. The van der Waals surface area contributed by atoms with Crippen LogP contribution in [0.1, 0.15) is 12.5 Å². The molecule has 0 saturated carbocycles. The number of halogens is 1.